The molecular formula is C13H18N2OS. The number of nitrogens with zero attached hydrogens (tertiary/aromatic N) is 1. The summed E-state index contributed by atoms with van der Waals surface area (Å²) in [5.74, 6) is 2.20. The molecule has 2 rings (SSSR count). The molecule has 0 spiro atoms. The molecule has 1 amide bonds. The highest BCUT2D eigenvalue weighted by atomic mass is 32.2. The molecular weight excluding hydrogens is 232 g/mol. The molecule has 3 nitrogen and oxygen atoms in total. The van der Waals surface area contributed by atoms with Gasteiger partial charge in [0, 0.05) is 31.0 Å². The van der Waals surface area contributed by atoms with Crippen molar-refractivity contribution in [2.24, 2.45) is 5.73 Å². The second kappa shape index (κ2) is 6.07. The zero-order chi connectivity index (χ0) is 12.1. The Hall–Kier alpha value is -1.00. The topological polar surface area (TPSA) is 46.3 Å². The Balaban J connectivity index is 2.15. The van der Waals surface area contributed by atoms with E-state index in [0.29, 0.717) is 13.0 Å². The molecule has 0 aromatic heterocycles. The van der Waals surface area contributed by atoms with E-state index in [1.54, 1.807) is 0 Å². The van der Waals surface area contributed by atoms with Crippen molar-refractivity contribution >= 4 is 17.7 Å². The maximum absolute atomic E-state index is 12.0. The third kappa shape index (κ3) is 3.01. The van der Waals surface area contributed by atoms with Gasteiger partial charge in [0.25, 0.3) is 0 Å². The number of rotatable bonds is 3. The number of carbonyl (C=O) groups excluding carboxylic acids is 1. The van der Waals surface area contributed by atoms with E-state index in [-0.39, 0.29) is 11.9 Å². The molecule has 92 valence electrons. The van der Waals surface area contributed by atoms with Crippen LogP contribution in [0.15, 0.2) is 30.3 Å². The van der Waals surface area contributed by atoms with Gasteiger partial charge in [0.2, 0.25) is 5.91 Å². The molecule has 0 saturated carbocycles. The van der Waals surface area contributed by atoms with E-state index < -0.39 is 0 Å². The van der Waals surface area contributed by atoms with Crippen LogP contribution in [0.3, 0.4) is 0 Å². The molecule has 1 aromatic carbocycles. The zero-order valence-corrected chi connectivity index (χ0v) is 10.7. The largest absolute Gasteiger partial charge is 0.334 e. The van der Waals surface area contributed by atoms with Gasteiger partial charge in [-0.15, -0.1) is 0 Å². The molecule has 17 heavy (non-hydrogen) atoms. The fourth-order valence-corrected chi connectivity index (χ4v) is 3.21. The number of amides is 1. The van der Waals surface area contributed by atoms with Crippen molar-refractivity contribution in [1.82, 2.24) is 4.90 Å². The van der Waals surface area contributed by atoms with E-state index in [2.05, 4.69) is 12.1 Å². The van der Waals surface area contributed by atoms with Gasteiger partial charge < -0.3 is 10.6 Å². The van der Waals surface area contributed by atoms with Gasteiger partial charge in [-0.25, -0.2) is 0 Å². The van der Waals surface area contributed by atoms with Crippen LogP contribution in [0, 0.1) is 0 Å². The number of hydrogen-bond acceptors (Lipinski definition) is 3. The third-order valence-corrected chi connectivity index (χ3v) is 4.01. The lowest BCUT2D eigenvalue weighted by Crippen LogP contribution is -2.41. The fourth-order valence-electron chi connectivity index (χ4n) is 2.12. The van der Waals surface area contributed by atoms with Crippen LogP contribution >= 0.6 is 11.8 Å². The van der Waals surface area contributed by atoms with Gasteiger partial charge in [0.05, 0.1) is 6.04 Å². The first-order valence-corrected chi connectivity index (χ1v) is 7.10. The minimum atomic E-state index is 0.182. The molecule has 0 radical (unpaired) electrons. The first kappa shape index (κ1) is 12.5. The van der Waals surface area contributed by atoms with Crippen LogP contribution in [0.5, 0.6) is 0 Å². The number of thioether (sulfide) groups is 1. The molecule has 0 aliphatic carbocycles. The van der Waals surface area contributed by atoms with Gasteiger partial charge in [0.15, 0.2) is 0 Å². The monoisotopic (exact) mass is 250 g/mol. The molecule has 1 heterocycles. The van der Waals surface area contributed by atoms with Crippen LogP contribution < -0.4 is 5.73 Å². The van der Waals surface area contributed by atoms with Gasteiger partial charge in [-0.05, 0) is 5.56 Å². The lowest BCUT2D eigenvalue weighted by Gasteiger charge is -2.35. The first-order valence-electron chi connectivity index (χ1n) is 5.95. The Morgan fingerprint density at radius 3 is 2.88 bits per heavy atom. The summed E-state index contributed by atoms with van der Waals surface area (Å²) in [7, 11) is 0. The van der Waals surface area contributed by atoms with Crippen LogP contribution in [0.4, 0.5) is 0 Å². The van der Waals surface area contributed by atoms with E-state index in [0.717, 1.165) is 18.1 Å². The first-order chi connectivity index (χ1) is 8.33. The van der Waals surface area contributed by atoms with Gasteiger partial charge in [-0.2, -0.15) is 11.8 Å². The summed E-state index contributed by atoms with van der Waals surface area (Å²) < 4.78 is 0. The quantitative estimate of drug-likeness (QED) is 0.887. The molecule has 1 atom stereocenters. The fraction of sp³-hybridized carbons (Fsp3) is 0.462. The van der Waals surface area contributed by atoms with Crippen molar-refractivity contribution in [3.8, 4) is 0 Å². The standard InChI is InChI=1S/C13H18N2OS/c14-7-6-13(16)15-8-9-17-10-12(15)11-4-2-1-3-5-11/h1-5,12H,6-10,14H2. The van der Waals surface area contributed by atoms with Gasteiger partial charge >= 0.3 is 0 Å². The SMILES string of the molecule is NCCC(=O)N1CCSCC1c1ccccc1. The Labute approximate surface area is 106 Å². The number of hydrogen-bond donors (Lipinski definition) is 1. The molecule has 1 aromatic rings. The van der Waals surface area contributed by atoms with E-state index in [1.165, 1.54) is 5.56 Å². The number of carbonyl (C=O) groups is 1. The van der Waals surface area contributed by atoms with Crippen LogP contribution in [-0.4, -0.2) is 35.4 Å². The van der Waals surface area contributed by atoms with Crippen molar-refractivity contribution in [1.29, 1.82) is 0 Å². The smallest absolute Gasteiger partial charge is 0.224 e. The normalized spacial score (nSPS) is 20.3. The highest BCUT2D eigenvalue weighted by Crippen LogP contribution is 2.29. The Morgan fingerprint density at radius 2 is 2.18 bits per heavy atom. The Bertz CT molecular complexity index is 369. The van der Waals surface area contributed by atoms with Crippen LogP contribution in [-0.2, 0) is 4.79 Å². The van der Waals surface area contributed by atoms with E-state index >= 15 is 0 Å². The summed E-state index contributed by atoms with van der Waals surface area (Å²) in [5, 5.41) is 0. The summed E-state index contributed by atoms with van der Waals surface area (Å²) >= 11 is 1.91. The minimum Gasteiger partial charge on any atom is -0.334 e. The number of nitrogens with two attached hydrogens (primary N) is 1. The number of benzene rings is 1. The van der Waals surface area contributed by atoms with E-state index in [1.807, 2.05) is 34.9 Å². The maximum Gasteiger partial charge on any atom is 0.224 e. The van der Waals surface area contributed by atoms with Crippen LogP contribution in [0.1, 0.15) is 18.0 Å². The summed E-state index contributed by atoms with van der Waals surface area (Å²) in [6.07, 6.45) is 0.452. The molecule has 1 saturated heterocycles. The molecule has 0 bridgehead atoms. The lowest BCUT2D eigenvalue weighted by atomic mass is 10.1. The highest BCUT2D eigenvalue weighted by molar-refractivity contribution is 7.99. The zero-order valence-electron chi connectivity index (χ0n) is 9.84. The average Bonchev–Trinajstić information content (AvgIpc) is 2.40. The van der Waals surface area contributed by atoms with Crippen molar-refractivity contribution < 1.29 is 4.79 Å². The summed E-state index contributed by atoms with van der Waals surface area (Å²) in [6, 6.07) is 10.5. The second-order valence-corrected chi connectivity index (χ2v) is 5.28. The van der Waals surface area contributed by atoms with Gasteiger partial charge in [-0.1, -0.05) is 30.3 Å². The van der Waals surface area contributed by atoms with E-state index in [4.69, 9.17) is 5.73 Å². The van der Waals surface area contributed by atoms with Crippen LogP contribution in [0.2, 0.25) is 0 Å². The highest BCUT2D eigenvalue weighted by Gasteiger charge is 2.27. The Kier molecular flexibility index (Phi) is 4.45. The van der Waals surface area contributed by atoms with Crippen molar-refractivity contribution in [3.05, 3.63) is 35.9 Å². The third-order valence-electron chi connectivity index (χ3n) is 2.99. The van der Waals surface area contributed by atoms with Crippen LogP contribution in [0.25, 0.3) is 0 Å². The van der Waals surface area contributed by atoms with Gasteiger partial charge in [0.1, 0.15) is 0 Å². The summed E-state index contributed by atoms with van der Waals surface area (Å²) in [6.45, 7) is 1.27. The lowest BCUT2D eigenvalue weighted by molar-refractivity contribution is -0.132. The maximum atomic E-state index is 12.0. The van der Waals surface area contributed by atoms with Crippen molar-refractivity contribution in [2.75, 3.05) is 24.6 Å². The van der Waals surface area contributed by atoms with Crippen molar-refractivity contribution in [3.63, 3.8) is 0 Å². The molecule has 1 aliphatic heterocycles. The minimum absolute atomic E-state index is 0.182. The Morgan fingerprint density at radius 1 is 1.41 bits per heavy atom. The molecule has 1 aliphatic rings. The average molecular weight is 250 g/mol. The molecule has 4 heteroatoms. The summed E-state index contributed by atoms with van der Waals surface area (Å²) in [5.41, 5.74) is 6.69. The van der Waals surface area contributed by atoms with E-state index in [9.17, 15) is 4.79 Å². The molecule has 2 N–H and O–H groups in total. The second-order valence-electron chi connectivity index (χ2n) is 4.13. The predicted molar refractivity (Wildman–Crippen MR) is 71.9 cm³/mol. The van der Waals surface area contributed by atoms with Gasteiger partial charge in [-0.3, -0.25) is 4.79 Å². The molecule has 1 unspecified atom stereocenters. The summed E-state index contributed by atoms with van der Waals surface area (Å²) in [4.78, 5) is 14.0. The van der Waals surface area contributed by atoms with Crippen molar-refractivity contribution in [2.45, 2.75) is 12.5 Å². The molecule has 1 fully saturated rings. The predicted octanol–water partition coefficient (Wildman–Crippen LogP) is 1.65.